The fraction of sp³-hybridized carbons (Fsp3) is 0.636. The molecule has 106 valence electrons. The third-order valence-corrected chi connectivity index (χ3v) is 2.25. The predicted molar refractivity (Wildman–Crippen MR) is 70.9 cm³/mol. The minimum Gasteiger partial charge on any atom is -0.364 e. The average molecular weight is 269 g/mol. The van der Waals surface area contributed by atoms with E-state index >= 15 is 0 Å². The molecule has 0 fully saturated rings. The van der Waals surface area contributed by atoms with Crippen molar-refractivity contribution in [3.8, 4) is 0 Å². The highest BCUT2D eigenvalue weighted by Gasteiger charge is 2.20. The van der Waals surface area contributed by atoms with E-state index in [0.717, 1.165) is 0 Å². The summed E-state index contributed by atoms with van der Waals surface area (Å²) in [6, 6.07) is 0. The topological polar surface area (TPSA) is 102 Å². The molecule has 0 aliphatic carbocycles. The van der Waals surface area contributed by atoms with Gasteiger partial charge in [0.1, 0.15) is 0 Å². The number of nitrogens with one attached hydrogen (secondary N) is 2. The van der Waals surface area contributed by atoms with Gasteiger partial charge in [0.25, 0.3) is 0 Å². The summed E-state index contributed by atoms with van der Waals surface area (Å²) in [7, 11) is 1.65. The summed E-state index contributed by atoms with van der Waals surface area (Å²) < 4.78 is 1.51. The third kappa shape index (κ3) is 4.57. The van der Waals surface area contributed by atoms with Crippen LogP contribution in [0.2, 0.25) is 0 Å². The van der Waals surface area contributed by atoms with Crippen molar-refractivity contribution < 1.29 is 9.72 Å². The zero-order valence-corrected chi connectivity index (χ0v) is 11.6. The molecule has 1 amide bonds. The highest BCUT2D eigenvalue weighted by Crippen LogP contribution is 2.20. The highest BCUT2D eigenvalue weighted by molar-refractivity contribution is 5.77. The highest BCUT2D eigenvalue weighted by atomic mass is 16.6. The van der Waals surface area contributed by atoms with Crippen LogP contribution in [0.4, 0.5) is 11.6 Å². The third-order valence-electron chi connectivity index (χ3n) is 2.25. The van der Waals surface area contributed by atoms with E-state index in [-0.39, 0.29) is 23.7 Å². The largest absolute Gasteiger partial charge is 0.406 e. The Bertz CT molecular complexity index is 475. The smallest absolute Gasteiger partial charge is 0.364 e. The van der Waals surface area contributed by atoms with Gasteiger partial charge in [-0.1, -0.05) is 0 Å². The van der Waals surface area contributed by atoms with Crippen molar-refractivity contribution in [1.29, 1.82) is 0 Å². The first-order valence-corrected chi connectivity index (χ1v) is 5.91. The SMILES string of the molecule is Cn1cnc([N+](=O)[O-])c1NCCC(=O)NC(C)(C)C. The van der Waals surface area contributed by atoms with Crippen LogP contribution in [-0.4, -0.2) is 32.5 Å². The molecule has 19 heavy (non-hydrogen) atoms. The van der Waals surface area contributed by atoms with Gasteiger partial charge in [0, 0.05) is 25.6 Å². The van der Waals surface area contributed by atoms with Gasteiger partial charge in [0.2, 0.25) is 18.1 Å². The van der Waals surface area contributed by atoms with Crippen LogP contribution in [0.25, 0.3) is 0 Å². The number of aromatic nitrogens is 2. The summed E-state index contributed by atoms with van der Waals surface area (Å²) in [6.45, 7) is 5.99. The molecule has 1 aromatic heterocycles. The van der Waals surface area contributed by atoms with Gasteiger partial charge in [-0.15, -0.1) is 0 Å². The molecule has 0 atom stereocenters. The lowest BCUT2D eigenvalue weighted by molar-refractivity contribution is -0.388. The van der Waals surface area contributed by atoms with E-state index in [0.29, 0.717) is 12.4 Å². The fourth-order valence-electron chi connectivity index (χ4n) is 1.53. The van der Waals surface area contributed by atoms with Crippen LogP contribution in [-0.2, 0) is 11.8 Å². The van der Waals surface area contributed by atoms with Crippen molar-refractivity contribution in [3.05, 3.63) is 16.4 Å². The Kier molecular flexibility index (Phi) is 4.47. The molecular formula is C11H19N5O3. The zero-order chi connectivity index (χ0) is 14.6. The molecular weight excluding hydrogens is 250 g/mol. The van der Waals surface area contributed by atoms with E-state index in [1.165, 1.54) is 10.9 Å². The van der Waals surface area contributed by atoms with Gasteiger partial charge in [-0.25, -0.2) is 0 Å². The minimum absolute atomic E-state index is 0.107. The first-order valence-electron chi connectivity index (χ1n) is 5.91. The molecule has 0 spiro atoms. The van der Waals surface area contributed by atoms with E-state index in [2.05, 4.69) is 15.6 Å². The molecule has 1 heterocycles. The van der Waals surface area contributed by atoms with Crippen LogP contribution in [0.1, 0.15) is 27.2 Å². The van der Waals surface area contributed by atoms with Gasteiger partial charge in [0.15, 0.2) is 0 Å². The molecule has 0 aliphatic rings. The maximum atomic E-state index is 11.6. The average Bonchev–Trinajstić information content (AvgIpc) is 2.58. The quantitative estimate of drug-likeness (QED) is 0.614. The van der Waals surface area contributed by atoms with E-state index in [1.54, 1.807) is 7.05 Å². The van der Waals surface area contributed by atoms with Crippen LogP contribution in [0.3, 0.4) is 0 Å². The van der Waals surface area contributed by atoms with E-state index in [9.17, 15) is 14.9 Å². The number of carbonyl (C=O) groups is 1. The van der Waals surface area contributed by atoms with Crippen molar-refractivity contribution in [2.24, 2.45) is 7.05 Å². The molecule has 0 aromatic carbocycles. The number of carbonyl (C=O) groups excluding carboxylic acids is 1. The lowest BCUT2D eigenvalue weighted by atomic mass is 10.1. The predicted octanol–water partition coefficient (Wildman–Crippen LogP) is 1.04. The van der Waals surface area contributed by atoms with Gasteiger partial charge < -0.3 is 20.7 Å². The summed E-state index contributed by atoms with van der Waals surface area (Å²) in [5.41, 5.74) is -0.282. The molecule has 1 rings (SSSR count). The summed E-state index contributed by atoms with van der Waals surface area (Å²) in [5.74, 6) is -0.0443. The number of nitro groups is 1. The number of anilines is 1. The van der Waals surface area contributed by atoms with Crippen molar-refractivity contribution in [3.63, 3.8) is 0 Å². The Morgan fingerprint density at radius 1 is 1.53 bits per heavy atom. The van der Waals surface area contributed by atoms with Crippen LogP contribution in [0.5, 0.6) is 0 Å². The van der Waals surface area contributed by atoms with Crippen molar-refractivity contribution in [2.45, 2.75) is 32.7 Å². The van der Waals surface area contributed by atoms with Crippen LogP contribution in [0.15, 0.2) is 6.33 Å². The Labute approximate surface area is 111 Å². The number of hydrogen-bond acceptors (Lipinski definition) is 5. The first kappa shape index (κ1) is 14.9. The minimum atomic E-state index is -0.558. The molecule has 0 radical (unpaired) electrons. The molecule has 0 bridgehead atoms. The lowest BCUT2D eigenvalue weighted by Gasteiger charge is -2.20. The van der Waals surface area contributed by atoms with Crippen LogP contribution >= 0.6 is 0 Å². The van der Waals surface area contributed by atoms with Crippen LogP contribution < -0.4 is 10.6 Å². The van der Waals surface area contributed by atoms with Crippen LogP contribution in [0, 0.1) is 10.1 Å². The fourth-order valence-corrected chi connectivity index (χ4v) is 1.53. The van der Waals surface area contributed by atoms with E-state index in [1.807, 2.05) is 20.8 Å². The summed E-state index contributed by atoms with van der Waals surface area (Å²) in [5, 5.41) is 16.4. The number of aryl methyl sites for hydroxylation is 1. The second-order valence-electron chi connectivity index (χ2n) is 5.26. The normalized spacial score (nSPS) is 11.2. The summed E-state index contributed by atoms with van der Waals surface area (Å²) in [4.78, 5) is 25.4. The second-order valence-corrected chi connectivity index (χ2v) is 5.26. The number of nitrogens with zero attached hydrogens (tertiary/aromatic N) is 3. The molecule has 1 aromatic rings. The lowest BCUT2D eigenvalue weighted by Crippen LogP contribution is -2.41. The van der Waals surface area contributed by atoms with Gasteiger partial charge in [-0.3, -0.25) is 9.36 Å². The number of hydrogen-bond donors (Lipinski definition) is 2. The first-order chi connectivity index (χ1) is 8.70. The second kappa shape index (κ2) is 5.68. The number of imidazole rings is 1. The monoisotopic (exact) mass is 269 g/mol. The maximum absolute atomic E-state index is 11.6. The Hall–Kier alpha value is -2.12. The maximum Gasteiger partial charge on any atom is 0.406 e. The molecule has 0 aliphatic heterocycles. The van der Waals surface area contributed by atoms with Crippen molar-refractivity contribution >= 4 is 17.5 Å². The molecule has 8 heteroatoms. The number of amides is 1. The van der Waals surface area contributed by atoms with Crippen molar-refractivity contribution in [2.75, 3.05) is 11.9 Å². The van der Waals surface area contributed by atoms with E-state index in [4.69, 9.17) is 0 Å². The van der Waals surface area contributed by atoms with Gasteiger partial charge in [-0.2, -0.15) is 0 Å². The van der Waals surface area contributed by atoms with Gasteiger partial charge >= 0.3 is 5.82 Å². The van der Waals surface area contributed by atoms with E-state index < -0.39 is 4.92 Å². The molecule has 2 N–H and O–H groups in total. The Morgan fingerprint density at radius 3 is 2.68 bits per heavy atom. The zero-order valence-electron chi connectivity index (χ0n) is 11.6. The Balaban J connectivity index is 2.52. The van der Waals surface area contributed by atoms with Crippen molar-refractivity contribution in [1.82, 2.24) is 14.9 Å². The van der Waals surface area contributed by atoms with Gasteiger partial charge in [0.05, 0.1) is 0 Å². The molecule has 0 saturated heterocycles. The molecule has 8 nitrogen and oxygen atoms in total. The summed E-state index contributed by atoms with van der Waals surface area (Å²) in [6.07, 6.45) is 1.59. The standard InChI is InChI=1S/C11H19N5O3/c1-11(2,3)14-8(17)5-6-12-9-10(16(18)19)13-7-15(9)4/h7,12H,5-6H2,1-4H3,(H,14,17). The molecule has 0 unspecified atom stereocenters. The summed E-state index contributed by atoms with van der Waals surface area (Å²) >= 11 is 0. The molecule has 0 saturated carbocycles. The van der Waals surface area contributed by atoms with Gasteiger partial charge in [-0.05, 0) is 30.7 Å². The number of rotatable bonds is 5. The Morgan fingerprint density at radius 2 is 2.16 bits per heavy atom.